The number of amides is 3. The Morgan fingerprint density at radius 3 is 2.24 bits per heavy atom. The van der Waals surface area contributed by atoms with E-state index >= 15 is 0 Å². The molecule has 1 aromatic rings. The molecule has 2 unspecified atom stereocenters. The molecule has 2 saturated heterocycles. The molecular formula is C22H27FN2O4. The van der Waals surface area contributed by atoms with Gasteiger partial charge < -0.3 is 10.1 Å². The van der Waals surface area contributed by atoms with Crippen LogP contribution in [0.3, 0.4) is 0 Å². The van der Waals surface area contributed by atoms with Crippen LogP contribution in [0.1, 0.15) is 44.1 Å². The van der Waals surface area contributed by atoms with E-state index in [0.29, 0.717) is 32.6 Å². The maximum Gasteiger partial charge on any atom is 0.240 e. The maximum atomic E-state index is 13.4. The summed E-state index contributed by atoms with van der Waals surface area (Å²) in [4.78, 5) is 38.9. The summed E-state index contributed by atoms with van der Waals surface area (Å²) in [6.45, 7) is 1.28. The molecule has 4 rings (SSSR count). The number of rotatable bonds is 5. The van der Waals surface area contributed by atoms with Crippen molar-refractivity contribution in [3.05, 3.63) is 35.6 Å². The van der Waals surface area contributed by atoms with Crippen LogP contribution >= 0.6 is 0 Å². The Hall–Kier alpha value is -2.28. The molecule has 0 bridgehead atoms. The zero-order chi connectivity index (χ0) is 20.4. The molecule has 2 heterocycles. The number of nitrogens with one attached hydrogen (secondary N) is 1. The van der Waals surface area contributed by atoms with Crippen LogP contribution in [-0.4, -0.2) is 48.9 Å². The first-order valence-corrected chi connectivity index (χ1v) is 10.5. The van der Waals surface area contributed by atoms with E-state index in [2.05, 4.69) is 5.32 Å². The zero-order valence-electron chi connectivity index (χ0n) is 16.5. The lowest BCUT2D eigenvalue weighted by molar-refractivity contribution is -0.143. The van der Waals surface area contributed by atoms with E-state index in [-0.39, 0.29) is 47.3 Å². The van der Waals surface area contributed by atoms with Gasteiger partial charge in [0.15, 0.2) is 0 Å². The first kappa shape index (κ1) is 20.0. The minimum Gasteiger partial charge on any atom is -0.381 e. The number of likely N-dealkylation sites (tertiary alicyclic amines) is 1. The van der Waals surface area contributed by atoms with Crippen molar-refractivity contribution >= 4 is 17.7 Å². The quantitative estimate of drug-likeness (QED) is 0.766. The highest BCUT2D eigenvalue weighted by Crippen LogP contribution is 2.38. The molecule has 3 aliphatic rings. The number of halogens is 1. The van der Waals surface area contributed by atoms with Crippen molar-refractivity contribution in [2.24, 2.45) is 11.8 Å². The topological polar surface area (TPSA) is 75.7 Å². The van der Waals surface area contributed by atoms with Crippen molar-refractivity contribution in [1.82, 2.24) is 10.2 Å². The summed E-state index contributed by atoms with van der Waals surface area (Å²) < 4.78 is 18.8. The molecule has 2 aliphatic heterocycles. The third-order valence-electron chi connectivity index (χ3n) is 6.76. The molecule has 6 nitrogen and oxygen atoms in total. The van der Waals surface area contributed by atoms with Gasteiger partial charge in [0, 0.05) is 25.2 Å². The first-order valence-electron chi connectivity index (χ1n) is 10.5. The van der Waals surface area contributed by atoms with Crippen LogP contribution in [0, 0.1) is 17.7 Å². The number of carbonyl (C=O) groups is 3. The number of carbonyl (C=O) groups excluding carboxylic acids is 3. The molecule has 29 heavy (non-hydrogen) atoms. The smallest absolute Gasteiger partial charge is 0.240 e. The fourth-order valence-electron chi connectivity index (χ4n) is 4.99. The van der Waals surface area contributed by atoms with Crippen LogP contribution in [0.2, 0.25) is 0 Å². The van der Waals surface area contributed by atoms with Crippen molar-refractivity contribution in [2.45, 2.75) is 43.9 Å². The fraction of sp³-hybridized carbons (Fsp3) is 0.591. The number of nitrogens with zero attached hydrogens (tertiary/aromatic N) is 1. The van der Waals surface area contributed by atoms with Crippen LogP contribution in [0.4, 0.5) is 4.39 Å². The molecule has 3 fully saturated rings. The molecule has 1 N–H and O–H groups in total. The molecular weight excluding hydrogens is 375 g/mol. The van der Waals surface area contributed by atoms with Crippen molar-refractivity contribution in [2.75, 3.05) is 26.3 Å². The van der Waals surface area contributed by atoms with Crippen LogP contribution in [0.5, 0.6) is 0 Å². The van der Waals surface area contributed by atoms with Gasteiger partial charge in [-0.05, 0) is 43.4 Å². The lowest BCUT2D eigenvalue weighted by Crippen LogP contribution is -2.48. The van der Waals surface area contributed by atoms with E-state index in [1.165, 1.54) is 12.1 Å². The third kappa shape index (κ3) is 3.92. The van der Waals surface area contributed by atoms with Crippen LogP contribution in [-0.2, 0) is 24.5 Å². The van der Waals surface area contributed by atoms with Gasteiger partial charge in [0.1, 0.15) is 12.4 Å². The Kier molecular flexibility index (Phi) is 5.67. The lowest BCUT2D eigenvalue weighted by Gasteiger charge is -2.38. The van der Waals surface area contributed by atoms with Crippen molar-refractivity contribution < 1.29 is 23.5 Å². The molecule has 0 spiro atoms. The van der Waals surface area contributed by atoms with Crippen molar-refractivity contribution in [1.29, 1.82) is 0 Å². The van der Waals surface area contributed by atoms with Crippen LogP contribution in [0.15, 0.2) is 24.3 Å². The Balaban J connectivity index is 1.41. The van der Waals surface area contributed by atoms with Crippen molar-refractivity contribution in [3.8, 4) is 0 Å². The highest BCUT2D eigenvalue weighted by molar-refractivity contribution is 6.07. The number of fused-ring (bicyclic) bond motifs is 1. The second-order valence-electron chi connectivity index (χ2n) is 8.44. The second kappa shape index (κ2) is 8.22. The normalized spacial score (nSPS) is 26.3. The van der Waals surface area contributed by atoms with Gasteiger partial charge in [0.25, 0.3) is 0 Å². The monoisotopic (exact) mass is 402 g/mol. The molecule has 0 aromatic heterocycles. The number of hydrogen-bond donors (Lipinski definition) is 1. The first-order chi connectivity index (χ1) is 14.0. The number of ether oxygens (including phenoxy) is 1. The van der Waals surface area contributed by atoms with E-state index in [4.69, 9.17) is 4.74 Å². The minimum absolute atomic E-state index is 0.200. The van der Waals surface area contributed by atoms with Gasteiger partial charge in [0.2, 0.25) is 17.7 Å². The summed E-state index contributed by atoms with van der Waals surface area (Å²) in [5.74, 6) is -1.52. The number of imide groups is 1. The minimum atomic E-state index is -0.339. The summed E-state index contributed by atoms with van der Waals surface area (Å²) >= 11 is 0. The second-order valence-corrected chi connectivity index (χ2v) is 8.44. The maximum absolute atomic E-state index is 13.4. The van der Waals surface area contributed by atoms with E-state index in [1.54, 1.807) is 12.1 Å². The largest absolute Gasteiger partial charge is 0.381 e. The van der Waals surface area contributed by atoms with E-state index in [9.17, 15) is 18.8 Å². The van der Waals surface area contributed by atoms with Gasteiger partial charge in [-0.15, -0.1) is 0 Å². The Morgan fingerprint density at radius 2 is 1.66 bits per heavy atom. The zero-order valence-corrected chi connectivity index (χ0v) is 16.5. The molecule has 1 aromatic carbocycles. The standard InChI is InChI=1S/C22H27FN2O4/c23-16-7-5-15(6-8-16)22(9-11-29-12-10-22)14-24-19(26)13-25-20(27)17-3-1-2-4-18(17)21(25)28/h5-8,17-18H,1-4,9-14H2,(H,24,26). The van der Waals surface area contributed by atoms with Gasteiger partial charge in [-0.1, -0.05) is 25.0 Å². The summed E-state index contributed by atoms with van der Waals surface area (Å²) in [7, 11) is 0. The molecule has 2 atom stereocenters. The molecule has 7 heteroatoms. The molecule has 156 valence electrons. The Morgan fingerprint density at radius 1 is 1.07 bits per heavy atom. The molecule has 1 saturated carbocycles. The highest BCUT2D eigenvalue weighted by Gasteiger charge is 2.48. The summed E-state index contributed by atoms with van der Waals surface area (Å²) in [6, 6.07) is 6.37. The molecule has 1 aliphatic carbocycles. The molecule has 3 amide bonds. The average Bonchev–Trinajstić information content (AvgIpc) is 2.98. The SMILES string of the molecule is O=C(CN1C(=O)C2CCCCC2C1=O)NCC1(c2ccc(F)cc2)CCOCC1. The average molecular weight is 402 g/mol. The van der Waals surface area contributed by atoms with Gasteiger partial charge in [0.05, 0.1) is 11.8 Å². The van der Waals surface area contributed by atoms with E-state index in [0.717, 1.165) is 36.1 Å². The Bertz CT molecular complexity index is 765. The number of hydrogen-bond acceptors (Lipinski definition) is 4. The fourth-order valence-corrected chi connectivity index (χ4v) is 4.99. The van der Waals surface area contributed by atoms with Gasteiger partial charge in [-0.2, -0.15) is 0 Å². The van der Waals surface area contributed by atoms with Gasteiger partial charge in [-0.3, -0.25) is 19.3 Å². The summed E-state index contributed by atoms with van der Waals surface area (Å²) in [5.41, 5.74) is 0.621. The van der Waals surface area contributed by atoms with Crippen LogP contribution in [0.25, 0.3) is 0 Å². The van der Waals surface area contributed by atoms with Crippen molar-refractivity contribution in [3.63, 3.8) is 0 Å². The molecule has 0 radical (unpaired) electrons. The summed E-state index contributed by atoms with van der Waals surface area (Å²) in [6.07, 6.45) is 4.82. The highest BCUT2D eigenvalue weighted by atomic mass is 19.1. The van der Waals surface area contributed by atoms with Gasteiger partial charge in [-0.25, -0.2) is 4.39 Å². The van der Waals surface area contributed by atoms with E-state index < -0.39 is 0 Å². The summed E-state index contributed by atoms with van der Waals surface area (Å²) in [5, 5.41) is 2.92. The predicted molar refractivity (Wildman–Crippen MR) is 103 cm³/mol. The lowest BCUT2D eigenvalue weighted by atomic mass is 9.74. The van der Waals surface area contributed by atoms with E-state index in [1.807, 2.05) is 0 Å². The van der Waals surface area contributed by atoms with Gasteiger partial charge >= 0.3 is 0 Å². The third-order valence-corrected chi connectivity index (χ3v) is 6.76. The number of benzene rings is 1. The van der Waals surface area contributed by atoms with Crippen LogP contribution < -0.4 is 5.32 Å². The predicted octanol–water partition coefficient (Wildman–Crippen LogP) is 2.17. The Labute approximate surface area is 169 Å².